The van der Waals surface area contributed by atoms with E-state index in [1.165, 1.54) is 12.8 Å². The summed E-state index contributed by atoms with van der Waals surface area (Å²) in [5.41, 5.74) is 1.83. The molecule has 0 aliphatic carbocycles. The molecule has 146 valence electrons. The standard InChI is InChI=1S/C19H26N4O3S/c1-22-8-6-15(7-9-22)14-18-20-19(26-21-18)16-4-2-3-5-17(16)23-10-12-27(24,25)13-11-23/h2-5,15H,6-14H2,1H3. The molecule has 0 N–H and O–H groups in total. The molecule has 8 heteroatoms. The van der Waals surface area contributed by atoms with Crippen LogP contribution in [0, 0.1) is 5.92 Å². The average Bonchev–Trinajstić information content (AvgIpc) is 3.12. The normalized spacial score (nSPS) is 21.4. The van der Waals surface area contributed by atoms with E-state index in [4.69, 9.17) is 4.52 Å². The van der Waals surface area contributed by atoms with Gasteiger partial charge in [0.2, 0.25) is 0 Å². The first-order chi connectivity index (χ1) is 13.0. The fourth-order valence-electron chi connectivity index (χ4n) is 3.85. The van der Waals surface area contributed by atoms with Crippen molar-refractivity contribution in [2.75, 3.05) is 49.6 Å². The molecule has 0 radical (unpaired) electrons. The highest BCUT2D eigenvalue weighted by molar-refractivity contribution is 7.91. The van der Waals surface area contributed by atoms with Gasteiger partial charge in [0, 0.05) is 25.2 Å². The topological polar surface area (TPSA) is 79.5 Å². The van der Waals surface area contributed by atoms with Gasteiger partial charge in [-0.2, -0.15) is 4.98 Å². The zero-order valence-electron chi connectivity index (χ0n) is 15.7. The molecule has 3 heterocycles. The third kappa shape index (κ3) is 4.32. The number of likely N-dealkylation sites (tertiary alicyclic amines) is 1. The molecule has 2 aliphatic heterocycles. The van der Waals surface area contributed by atoms with Crippen molar-refractivity contribution >= 4 is 15.5 Å². The molecule has 4 rings (SSSR count). The van der Waals surface area contributed by atoms with E-state index in [-0.39, 0.29) is 11.5 Å². The lowest BCUT2D eigenvalue weighted by Gasteiger charge is -2.29. The predicted octanol–water partition coefficient (Wildman–Crippen LogP) is 1.86. The Morgan fingerprint density at radius 1 is 1.11 bits per heavy atom. The third-order valence-corrected chi connectivity index (χ3v) is 7.21. The number of rotatable bonds is 4. The Labute approximate surface area is 160 Å². The maximum Gasteiger partial charge on any atom is 0.260 e. The van der Waals surface area contributed by atoms with Crippen LogP contribution in [0.15, 0.2) is 28.8 Å². The summed E-state index contributed by atoms with van der Waals surface area (Å²) in [6.07, 6.45) is 3.18. The van der Waals surface area contributed by atoms with Crippen molar-refractivity contribution < 1.29 is 12.9 Å². The van der Waals surface area contributed by atoms with E-state index in [0.717, 1.165) is 36.6 Å². The number of para-hydroxylation sites is 1. The summed E-state index contributed by atoms with van der Waals surface area (Å²) >= 11 is 0. The molecular formula is C19H26N4O3S. The lowest BCUT2D eigenvalue weighted by molar-refractivity contribution is 0.216. The number of piperidine rings is 1. The maximum absolute atomic E-state index is 11.7. The van der Waals surface area contributed by atoms with Gasteiger partial charge in [0.1, 0.15) is 0 Å². The molecule has 0 saturated carbocycles. The van der Waals surface area contributed by atoms with E-state index < -0.39 is 9.84 Å². The predicted molar refractivity (Wildman–Crippen MR) is 105 cm³/mol. The maximum atomic E-state index is 11.7. The molecule has 1 aromatic heterocycles. The second-order valence-electron chi connectivity index (χ2n) is 7.62. The van der Waals surface area contributed by atoms with Gasteiger partial charge in [-0.25, -0.2) is 8.42 Å². The van der Waals surface area contributed by atoms with Gasteiger partial charge in [0.15, 0.2) is 15.7 Å². The van der Waals surface area contributed by atoms with Crippen molar-refractivity contribution in [3.05, 3.63) is 30.1 Å². The minimum atomic E-state index is -2.91. The van der Waals surface area contributed by atoms with Crippen LogP contribution in [0.5, 0.6) is 0 Å². The largest absolute Gasteiger partial charge is 0.369 e. The third-order valence-electron chi connectivity index (χ3n) is 5.60. The smallest absolute Gasteiger partial charge is 0.260 e. The highest BCUT2D eigenvalue weighted by Crippen LogP contribution is 2.31. The Kier molecular flexibility index (Phi) is 5.19. The summed E-state index contributed by atoms with van der Waals surface area (Å²) in [5, 5.41) is 4.20. The molecule has 27 heavy (non-hydrogen) atoms. The van der Waals surface area contributed by atoms with Gasteiger partial charge in [-0.15, -0.1) is 0 Å². The first-order valence-electron chi connectivity index (χ1n) is 9.56. The highest BCUT2D eigenvalue weighted by Gasteiger charge is 2.25. The lowest BCUT2D eigenvalue weighted by atomic mass is 9.94. The Bertz CT molecular complexity index is 874. The molecule has 2 aromatic rings. The number of nitrogens with zero attached hydrogens (tertiary/aromatic N) is 4. The van der Waals surface area contributed by atoms with Gasteiger partial charge in [0.25, 0.3) is 5.89 Å². The van der Waals surface area contributed by atoms with E-state index >= 15 is 0 Å². The molecule has 2 aliphatic rings. The Morgan fingerprint density at radius 3 is 2.56 bits per heavy atom. The number of hydrogen-bond donors (Lipinski definition) is 0. The van der Waals surface area contributed by atoms with Crippen LogP contribution in [0.1, 0.15) is 18.7 Å². The van der Waals surface area contributed by atoms with Crippen LogP contribution in [-0.4, -0.2) is 68.2 Å². The van der Waals surface area contributed by atoms with E-state index in [0.29, 0.717) is 24.9 Å². The summed E-state index contributed by atoms with van der Waals surface area (Å²) in [4.78, 5) is 9.09. The molecule has 0 bridgehead atoms. The molecule has 7 nitrogen and oxygen atoms in total. The van der Waals surface area contributed by atoms with Crippen LogP contribution >= 0.6 is 0 Å². The van der Waals surface area contributed by atoms with Gasteiger partial charge in [-0.1, -0.05) is 17.3 Å². The van der Waals surface area contributed by atoms with Crippen molar-refractivity contribution in [1.29, 1.82) is 0 Å². The molecule has 1 aromatic carbocycles. The fourth-order valence-corrected chi connectivity index (χ4v) is 5.06. The van der Waals surface area contributed by atoms with E-state index in [1.54, 1.807) is 0 Å². The van der Waals surface area contributed by atoms with Crippen LogP contribution in [0.4, 0.5) is 5.69 Å². The van der Waals surface area contributed by atoms with Crippen LogP contribution in [-0.2, 0) is 16.3 Å². The fraction of sp³-hybridized carbons (Fsp3) is 0.579. The second-order valence-corrected chi connectivity index (χ2v) is 9.93. The van der Waals surface area contributed by atoms with Crippen molar-refractivity contribution in [3.63, 3.8) is 0 Å². The van der Waals surface area contributed by atoms with Crippen molar-refractivity contribution in [2.45, 2.75) is 19.3 Å². The van der Waals surface area contributed by atoms with E-state index in [2.05, 4.69) is 27.0 Å². The van der Waals surface area contributed by atoms with Crippen LogP contribution in [0.2, 0.25) is 0 Å². The number of benzene rings is 1. The molecule has 0 atom stereocenters. The first-order valence-corrected chi connectivity index (χ1v) is 11.4. The lowest BCUT2D eigenvalue weighted by Crippen LogP contribution is -2.40. The zero-order valence-corrected chi connectivity index (χ0v) is 16.5. The second kappa shape index (κ2) is 7.59. The number of hydrogen-bond acceptors (Lipinski definition) is 7. The minimum absolute atomic E-state index is 0.187. The van der Waals surface area contributed by atoms with Gasteiger partial charge in [0.05, 0.1) is 17.1 Å². The molecule has 2 fully saturated rings. The molecular weight excluding hydrogens is 364 g/mol. The SMILES string of the molecule is CN1CCC(Cc2noc(-c3ccccc3N3CCS(=O)(=O)CC3)n2)CC1. The Hall–Kier alpha value is -1.93. The van der Waals surface area contributed by atoms with E-state index in [9.17, 15) is 8.42 Å². The summed E-state index contributed by atoms with van der Waals surface area (Å²) < 4.78 is 29.0. The minimum Gasteiger partial charge on any atom is -0.369 e. The molecule has 0 unspecified atom stereocenters. The quantitative estimate of drug-likeness (QED) is 0.788. The van der Waals surface area contributed by atoms with Gasteiger partial charge in [-0.05, 0) is 51.0 Å². The number of aromatic nitrogens is 2. The van der Waals surface area contributed by atoms with Gasteiger partial charge in [-0.3, -0.25) is 0 Å². The van der Waals surface area contributed by atoms with Crippen molar-refractivity contribution in [1.82, 2.24) is 15.0 Å². The van der Waals surface area contributed by atoms with Gasteiger partial charge < -0.3 is 14.3 Å². The monoisotopic (exact) mass is 390 g/mol. The first kappa shape index (κ1) is 18.4. The summed E-state index contributed by atoms with van der Waals surface area (Å²) in [7, 11) is -0.756. The van der Waals surface area contributed by atoms with Gasteiger partial charge >= 0.3 is 0 Å². The molecule has 0 amide bonds. The van der Waals surface area contributed by atoms with Crippen LogP contribution in [0.25, 0.3) is 11.5 Å². The zero-order chi connectivity index (χ0) is 18.9. The average molecular weight is 391 g/mol. The highest BCUT2D eigenvalue weighted by atomic mass is 32.2. The van der Waals surface area contributed by atoms with Crippen LogP contribution in [0.3, 0.4) is 0 Å². The van der Waals surface area contributed by atoms with Crippen molar-refractivity contribution in [2.24, 2.45) is 5.92 Å². The Morgan fingerprint density at radius 2 is 1.81 bits per heavy atom. The summed E-state index contributed by atoms with van der Waals surface area (Å²) in [6, 6.07) is 7.86. The summed E-state index contributed by atoms with van der Waals surface area (Å²) in [6.45, 7) is 3.23. The number of sulfone groups is 1. The Balaban J connectivity index is 1.50. The molecule has 0 spiro atoms. The van der Waals surface area contributed by atoms with Crippen molar-refractivity contribution in [3.8, 4) is 11.5 Å². The summed E-state index contributed by atoms with van der Waals surface area (Å²) in [5.74, 6) is 2.26. The van der Waals surface area contributed by atoms with Crippen LogP contribution < -0.4 is 4.90 Å². The number of anilines is 1. The van der Waals surface area contributed by atoms with E-state index in [1.807, 2.05) is 24.3 Å². The molecule has 2 saturated heterocycles.